The summed E-state index contributed by atoms with van der Waals surface area (Å²) in [5, 5.41) is -1.65. The van der Waals surface area contributed by atoms with Gasteiger partial charge in [-0.05, 0) is 6.42 Å². The van der Waals surface area contributed by atoms with Crippen molar-refractivity contribution in [1.29, 1.82) is 0 Å². The number of halogens is 3. The number of hydrogen-bond acceptors (Lipinski definition) is 2. The second kappa shape index (κ2) is 2.04. The average Bonchev–Trinajstić information content (AvgIpc) is 1.58. The molecule has 0 N–H and O–H groups in total. The molecular formula is C4H5ClF2O2S. The molecule has 60 valence electrons. The minimum Gasteiger partial charge on any atom is -0.212 e. The minimum atomic E-state index is -4.05. The van der Waals surface area contributed by atoms with E-state index in [1.807, 2.05) is 0 Å². The first kappa shape index (κ1) is 8.20. The quantitative estimate of drug-likeness (QED) is 0.585. The molecule has 0 saturated heterocycles. The van der Waals surface area contributed by atoms with E-state index in [2.05, 4.69) is 0 Å². The predicted molar refractivity (Wildman–Crippen MR) is 32.7 cm³/mol. The van der Waals surface area contributed by atoms with E-state index in [0.29, 0.717) is 0 Å². The van der Waals surface area contributed by atoms with E-state index in [1.54, 1.807) is 0 Å². The molecule has 0 heterocycles. The van der Waals surface area contributed by atoms with Crippen molar-refractivity contribution in [3.8, 4) is 0 Å². The SMILES string of the molecule is O=S(=O)(Cl)C1CCC1(F)F. The van der Waals surface area contributed by atoms with E-state index < -0.39 is 20.2 Å². The lowest BCUT2D eigenvalue weighted by Gasteiger charge is -2.33. The highest BCUT2D eigenvalue weighted by Gasteiger charge is 2.55. The van der Waals surface area contributed by atoms with Gasteiger partial charge in [-0.3, -0.25) is 0 Å². The molecule has 0 aliphatic heterocycles. The van der Waals surface area contributed by atoms with Gasteiger partial charge in [0.2, 0.25) is 9.05 Å². The van der Waals surface area contributed by atoms with Crippen molar-refractivity contribution in [3.63, 3.8) is 0 Å². The van der Waals surface area contributed by atoms with Crippen molar-refractivity contribution in [3.05, 3.63) is 0 Å². The molecular weight excluding hydrogens is 186 g/mol. The highest BCUT2D eigenvalue weighted by Crippen LogP contribution is 2.43. The standard InChI is InChI=1S/C4H5ClF2O2S/c5-10(8,9)3-1-2-4(3,6)7/h3H,1-2H2. The van der Waals surface area contributed by atoms with Crippen molar-refractivity contribution >= 4 is 19.7 Å². The fourth-order valence-electron chi connectivity index (χ4n) is 0.827. The van der Waals surface area contributed by atoms with Crippen LogP contribution in [0, 0.1) is 0 Å². The first-order valence-corrected chi connectivity index (χ1v) is 5.02. The maximum atomic E-state index is 12.2. The Morgan fingerprint density at radius 3 is 2.00 bits per heavy atom. The molecule has 0 aromatic rings. The van der Waals surface area contributed by atoms with Gasteiger partial charge in [0.15, 0.2) is 0 Å². The Morgan fingerprint density at radius 2 is 2.00 bits per heavy atom. The van der Waals surface area contributed by atoms with Crippen molar-refractivity contribution in [1.82, 2.24) is 0 Å². The van der Waals surface area contributed by atoms with Crippen molar-refractivity contribution < 1.29 is 17.2 Å². The van der Waals surface area contributed by atoms with Gasteiger partial charge in [0.25, 0.3) is 5.92 Å². The Kier molecular flexibility index (Phi) is 1.67. The van der Waals surface area contributed by atoms with Gasteiger partial charge in [-0.2, -0.15) is 0 Å². The fraction of sp³-hybridized carbons (Fsp3) is 1.00. The van der Waals surface area contributed by atoms with Crippen LogP contribution >= 0.6 is 10.7 Å². The van der Waals surface area contributed by atoms with Gasteiger partial charge in [0.05, 0.1) is 0 Å². The second-order valence-corrected chi connectivity index (χ2v) is 5.07. The molecule has 2 nitrogen and oxygen atoms in total. The summed E-state index contributed by atoms with van der Waals surface area (Å²) < 4.78 is 45.1. The summed E-state index contributed by atoms with van der Waals surface area (Å²) >= 11 is 0. The van der Waals surface area contributed by atoms with E-state index in [9.17, 15) is 17.2 Å². The topological polar surface area (TPSA) is 34.1 Å². The Bertz CT molecular complexity index is 236. The zero-order chi connectivity index (χ0) is 7.99. The highest BCUT2D eigenvalue weighted by molar-refractivity contribution is 8.14. The Hall–Kier alpha value is 0.1000. The van der Waals surface area contributed by atoms with E-state index in [4.69, 9.17) is 10.7 Å². The fourth-order valence-corrected chi connectivity index (χ4v) is 2.41. The van der Waals surface area contributed by atoms with Crippen LogP contribution in [0.1, 0.15) is 12.8 Å². The molecule has 1 rings (SSSR count). The number of alkyl halides is 2. The third-order valence-corrected chi connectivity index (χ3v) is 3.46. The van der Waals surface area contributed by atoms with Crippen LogP contribution in [0.4, 0.5) is 8.78 Å². The number of rotatable bonds is 1. The molecule has 1 fully saturated rings. The maximum Gasteiger partial charge on any atom is 0.266 e. The summed E-state index contributed by atoms with van der Waals surface area (Å²) in [6.07, 6.45) is -0.400. The molecule has 1 unspecified atom stereocenters. The summed E-state index contributed by atoms with van der Waals surface area (Å²) in [6, 6.07) is 0. The van der Waals surface area contributed by atoms with Crippen LogP contribution < -0.4 is 0 Å². The van der Waals surface area contributed by atoms with Crippen LogP contribution in [0.15, 0.2) is 0 Å². The smallest absolute Gasteiger partial charge is 0.212 e. The zero-order valence-corrected chi connectivity index (χ0v) is 6.42. The Labute approximate surface area is 61.6 Å². The van der Waals surface area contributed by atoms with Crippen LogP contribution in [0.2, 0.25) is 0 Å². The molecule has 1 atom stereocenters. The molecule has 10 heavy (non-hydrogen) atoms. The summed E-state index contributed by atoms with van der Waals surface area (Å²) in [4.78, 5) is 0. The highest BCUT2D eigenvalue weighted by atomic mass is 35.7. The normalized spacial score (nSPS) is 31.3. The molecule has 1 aliphatic carbocycles. The third kappa shape index (κ3) is 1.25. The first-order chi connectivity index (χ1) is 4.34. The number of hydrogen-bond donors (Lipinski definition) is 0. The molecule has 0 aromatic heterocycles. The van der Waals surface area contributed by atoms with Crippen molar-refractivity contribution in [2.24, 2.45) is 0 Å². The largest absolute Gasteiger partial charge is 0.266 e. The lowest BCUT2D eigenvalue weighted by atomic mass is 9.94. The van der Waals surface area contributed by atoms with Crippen LogP contribution in [-0.4, -0.2) is 19.6 Å². The van der Waals surface area contributed by atoms with E-state index >= 15 is 0 Å². The van der Waals surface area contributed by atoms with Crippen LogP contribution in [0.3, 0.4) is 0 Å². The average molecular weight is 191 g/mol. The van der Waals surface area contributed by atoms with E-state index in [1.165, 1.54) is 0 Å². The zero-order valence-electron chi connectivity index (χ0n) is 4.85. The minimum absolute atomic E-state index is 0.0289. The Morgan fingerprint density at radius 1 is 1.50 bits per heavy atom. The van der Waals surface area contributed by atoms with E-state index in [-0.39, 0.29) is 12.8 Å². The van der Waals surface area contributed by atoms with Gasteiger partial charge in [-0.15, -0.1) is 0 Å². The van der Waals surface area contributed by atoms with E-state index in [0.717, 1.165) is 0 Å². The summed E-state index contributed by atoms with van der Waals surface area (Å²) in [6.45, 7) is 0. The summed E-state index contributed by atoms with van der Waals surface area (Å²) in [5.41, 5.74) is 0. The van der Waals surface area contributed by atoms with Gasteiger partial charge in [0, 0.05) is 17.1 Å². The molecule has 0 bridgehead atoms. The predicted octanol–water partition coefficient (Wildman–Crippen LogP) is 1.35. The summed E-state index contributed by atoms with van der Waals surface area (Å²) in [7, 11) is 0.660. The first-order valence-electron chi connectivity index (χ1n) is 2.65. The summed E-state index contributed by atoms with van der Waals surface area (Å²) in [5.74, 6) is -3.10. The van der Waals surface area contributed by atoms with Gasteiger partial charge in [-0.1, -0.05) is 0 Å². The molecule has 1 saturated carbocycles. The van der Waals surface area contributed by atoms with Gasteiger partial charge >= 0.3 is 0 Å². The third-order valence-electron chi connectivity index (χ3n) is 1.55. The molecule has 0 radical (unpaired) electrons. The molecule has 0 spiro atoms. The van der Waals surface area contributed by atoms with Crippen LogP contribution in [0.25, 0.3) is 0 Å². The van der Waals surface area contributed by atoms with Gasteiger partial charge < -0.3 is 0 Å². The lowest BCUT2D eigenvalue weighted by Crippen LogP contribution is -2.47. The monoisotopic (exact) mass is 190 g/mol. The van der Waals surface area contributed by atoms with Crippen LogP contribution in [0.5, 0.6) is 0 Å². The van der Waals surface area contributed by atoms with Gasteiger partial charge in [-0.25, -0.2) is 17.2 Å². The molecule has 6 heteroatoms. The molecule has 1 aliphatic rings. The lowest BCUT2D eigenvalue weighted by molar-refractivity contribution is -0.0657. The van der Waals surface area contributed by atoms with Gasteiger partial charge in [0.1, 0.15) is 5.25 Å². The molecule has 0 aromatic carbocycles. The maximum absolute atomic E-state index is 12.2. The molecule has 0 amide bonds. The second-order valence-electron chi connectivity index (χ2n) is 2.26. The van der Waals surface area contributed by atoms with Crippen LogP contribution in [-0.2, 0) is 9.05 Å². The Balaban J connectivity index is 2.80. The van der Waals surface area contributed by atoms with Crippen molar-refractivity contribution in [2.45, 2.75) is 24.0 Å². The van der Waals surface area contributed by atoms with Crippen molar-refractivity contribution in [2.75, 3.05) is 0 Å².